The second-order valence-electron chi connectivity index (χ2n) is 4.38. The third-order valence-electron chi connectivity index (χ3n) is 3.21. The maximum atomic E-state index is 5.44. The number of nitrogens with zero attached hydrogens (tertiary/aromatic N) is 1. The molecule has 0 saturated carbocycles. The molecule has 0 spiro atoms. The normalized spacial score (nSPS) is 24.3. The molecule has 96 valence electrons. The third kappa shape index (κ3) is 2.34. The predicted octanol–water partition coefficient (Wildman–Crippen LogP) is 2.51. The Morgan fingerprint density at radius 1 is 1.44 bits per heavy atom. The van der Waals surface area contributed by atoms with E-state index in [1.807, 2.05) is 18.2 Å². The first kappa shape index (κ1) is 11.9. The highest BCUT2D eigenvalue weighted by Crippen LogP contribution is 2.27. The second kappa shape index (κ2) is 5.22. The summed E-state index contributed by atoms with van der Waals surface area (Å²) in [5.74, 6) is 0. The average Bonchev–Trinajstić information content (AvgIpc) is 2.81. The van der Waals surface area contributed by atoms with Gasteiger partial charge in [0.1, 0.15) is 6.10 Å². The van der Waals surface area contributed by atoms with Crippen LogP contribution in [0, 0.1) is 0 Å². The maximum absolute atomic E-state index is 5.44. The Bertz CT molecular complexity index is 495. The Morgan fingerprint density at radius 2 is 2.33 bits per heavy atom. The molecule has 1 fully saturated rings. The zero-order chi connectivity index (χ0) is 12.4. The van der Waals surface area contributed by atoms with Gasteiger partial charge in [-0.05, 0) is 18.6 Å². The van der Waals surface area contributed by atoms with Gasteiger partial charge in [-0.3, -0.25) is 0 Å². The lowest BCUT2D eigenvalue weighted by Crippen LogP contribution is -2.43. The lowest BCUT2D eigenvalue weighted by atomic mass is 10.1. The zero-order valence-corrected chi connectivity index (χ0v) is 11.1. The van der Waals surface area contributed by atoms with Gasteiger partial charge in [0, 0.05) is 13.7 Å². The van der Waals surface area contributed by atoms with Gasteiger partial charge in [0.2, 0.25) is 0 Å². The zero-order valence-electron chi connectivity index (χ0n) is 10.3. The molecule has 1 aromatic heterocycles. The summed E-state index contributed by atoms with van der Waals surface area (Å²) in [5, 5.41) is 4.44. The highest BCUT2D eigenvalue weighted by Gasteiger charge is 2.26. The standard InChI is InChI=1S/C13H16N2O2S/c1-16-11-8-17-7-6-9(11)14-13-15-10-4-2-3-5-12(10)18-13/h2-5,9,11H,6-8H2,1H3,(H,14,15)/t9-,11-/m0/s1. The van der Waals surface area contributed by atoms with Crippen molar-refractivity contribution in [1.82, 2.24) is 4.98 Å². The molecule has 2 aromatic rings. The highest BCUT2D eigenvalue weighted by atomic mass is 32.1. The van der Waals surface area contributed by atoms with Crippen molar-refractivity contribution in [3.05, 3.63) is 24.3 Å². The van der Waals surface area contributed by atoms with Gasteiger partial charge in [0.15, 0.2) is 5.13 Å². The van der Waals surface area contributed by atoms with Gasteiger partial charge in [-0.1, -0.05) is 23.5 Å². The van der Waals surface area contributed by atoms with E-state index in [-0.39, 0.29) is 12.1 Å². The van der Waals surface area contributed by atoms with Crippen molar-refractivity contribution in [3.8, 4) is 0 Å². The monoisotopic (exact) mass is 264 g/mol. The fourth-order valence-corrected chi connectivity index (χ4v) is 3.13. The number of para-hydroxylation sites is 1. The minimum Gasteiger partial charge on any atom is -0.379 e. The van der Waals surface area contributed by atoms with E-state index < -0.39 is 0 Å². The number of nitrogens with one attached hydrogen (secondary N) is 1. The van der Waals surface area contributed by atoms with Crippen molar-refractivity contribution < 1.29 is 9.47 Å². The van der Waals surface area contributed by atoms with E-state index in [4.69, 9.17) is 9.47 Å². The number of methoxy groups -OCH3 is 1. The SMILES string of the molecule is CO[C@H]1COCC[C@@H]1Nc1nc2ccccc2s1. The van der Waals surface area contributed by atoms with E-state index in [0.29, 0.717) is 6.61 Å². The van der Waals surface area contributed by atoms with Crippen LogP contribution in [0.1, 0.15) is 6.42 Å². The number of thiazole rings is 1. The summed E-state index contributed by atoms with van der Waals surface area (Å²) in [6, 6.07) is 8.46. The Hall–Kier alpha value is -1.17. The van der Waals surface area contributed by atoms with Crippen molar-refractivity contribution in [2.45, 2.75) is 18.6 Å². The van der Waals surface area contributed by atoms with Crippen LogP contribution in [0.25, 0.3) is 10.2 Å². The summed E-state index contributed by atoms with van der Waals surface area (Å²) >= 11 is 1.68. The van der Waals surface area contributed by atoms with E-state index in [2.05, 4.69) is 16.4 Å². The van der Waals surface area contributed by atoms with Crippen LogP contribution in [-0.2, 0) is 9.47 Å². The van der Waals surface area contributed by atoms with Crippen LogP contribution >= 0.6 is 11.3 Å². The number of hydrogen-bond acceptors (Lipinski definition) is 5. The fourth-order valence-electron chi connectivity index (χ4n) is 2.20. The van der Waals surface area contributed by atoms with E-state index in [0.717, 1.165) is 23.7 Å². The molecule has 0 bridgehead atoms. The summed E-state index contributed by atoms with van der Waals surface area (Å²) in [6.07, 6.45) is 1.06. The second-order valence-corrected chi connectivity index (χ2v) is 5.41. The molecule has 5 heteroatoms. The molecule has 1 aliphatic rings. The van der Waals surface area contributed by atoms with E-state index in [1.54, 1.807) is 18.4 Å². The van der Waals surface area contributed by atoms with Crippen molar-refractivity contribution in [2.75, 3.05) is 25.6 Å². The first-order valence-corrected chi connectivity index (χ1v) is 6.91. The molecule has 1 aliphatic heterocycles. The van der Waals surface area contributed by atoms with Crippen molar-refractivity contribution in [2.24, 2.45) is 0 Å². The minimum absolute atomic E-state index is 0.103. The van der Waals surface area contributed by atoms with E-state index in [9.17, 15) is 0 Å². The molecule has 1 saturated heterocycles. The summed E-state index contributed by atoms with van der Waals surface area (Å²) in [4.78, 5) is 4.59. The van der Waals surface area contributed by atoms with E-state index >= 15 is 0 Å². The fraction of sp³-hybridized carbons (Fsp3) is 0.462. The molecule has 3 rings (SSSR count). The molecule has 0 amide bonds. The largest absolute Gasteiger partial charge is 0.379 e. The summed E-state index contributed by atoms with van der Waals surface area (Å²) in [7, 11) is 1.73. The predicted molar refractivity (Wildman–Crippen MR) is 73.3 cm³/mol. The molecule has 0 radical (unpaired) electrons. The van der Waals surface area contributed by atoms with Gasteiger partial charge in [-0.2, -0.15) is 0 Å². The molecule has 4 nitrogen and oxygen atoms in total. The smallest absolute Gasteiger partial charge is 0.184 e. The number of rotatable bonds is 3. The molecule has 1 N–H and O–H groups in total. The Morgan fingerprint density at radius 3 is 3.17 bits per heavy atom. The Labute approximate surface area is 110 Å². The minimum atomic E-state index is 0.103. The number of hydrogen-bond donors (Lipinski definition) is 1. The number of benzene rings is 1. The average molecular weight is 264 g/mol. The summed E-state index contributed by atoms with van der Waals surface area (Å²) in [6.45, 7) is 1.43. The quantitative estimate of drug-likeness (QED) is 0.925. The number of ether oxygens (including phenoxy) is 2. The van der Waals surface area contributed by atoms with Crippen LogP contribution in [0.4, 0.5) is 5.13 Å². The lowest BCUT2D eigenvalue weighted by Gasteiger charge is -2.30. The van der Waals surface area contributed by atoms with Gasteiger partial charge in [0.25, 0.3) is 0 Å². The summed E-state index contributed by atoms with van der Waals surface area (Å²) in [5.41, 5.74) is 1.05. The van der Waals surface area contributed by atoms with Crippen LogP contribution < -0.4 is 5.32 Å². The molecule has 18 heavy (non-hydrogen) atoms. The first-order valence-electron chi connectivity index (χ1n) is 6.09. The van der Waals surface area contributed by atoms with Gasteiger partial charge < -0.3 is 14.8 Å². The molecular formula is C13H16N2O2S. The molecule has 2 atom stereocenters. The molecule has 0 aliphatic carbocycles. The van der Waals surface area contributed by atoms with E-state index in [1.165, 1.54) is 4.70 Å². The van der Waals surface area contributed by atoms with Crippen LogP contribution in [0.2, 0.25) is 0 Å². The lowest BCUT2D eigenvalue weighted by molar-refractivity contribution is -0.0366. The van der Waals surface area contributed by atoms with Crippen LogP contribution in [0.5, 0.6) is 0 Å². The van der Waals surface area contributed by atoms with Gasteiger partial charge >= 0.3 is 0 Å². The topological polar surface area (TPSA) is 43.4 Å². The molecule has 0 unspecified atom stereocenters. The summed E-state index contributed by atoms with van der Waals surface area (Å²) < 4.78 is 12.1. The Kier molecular flexibility index (Phi) is 3.45. The van der Waals surface area contributed by atoms with Crippen molar-refractivity contribution in [3.63, 3.8) is 0 Å². The maximum Gasteiger partial charge on any atom is 0.184 e. The Balaban J connectivity index is 1.78. The number of anilines is 1. The number of fused-ring (bicyclic) bond motifs is 1. The highest BCUT2D eigenvalue weighted by molar-refractivity contribution is 7.22. The molecular weight excluding hydrogens is 248 g/mol. The van der Waals surface area contributed by atoms with Gasteiger partial charge in [0.05, 0.1) is 22.9 Å². The molecule has 1 aromatic carbocycles. The number of aromatic nitrogens is 1. The van der Waals surface area contributed by atoms with Crippen molar-refractivity contribution in [1.29, 1.82) is 0 Å². The van der Waals surface area contributed by atoms with Crippen molar-refractivity contribution >= 4 is 26.7 Å². The first-order chi connectivity index (χ1) is 8.86. The van der Waals surface area contributed by atoms with Crippen LogP contribution in [-0.4, -0.2) is 37.5 Å². The van der Waals surface area contributed by atoms with Crippen LogP contribution in [0.15, 0.2) is 24.3 Å². The van der Waals surface area contributed by atoms with Crippen LogP contribution in [0.3, 0.4) is 0 Å². The third-order valence-corrected chi connectivity index (χ3v) is 4.18. The van der Waals surface area contributed by atoms with Gasteiger partial charge in [-0.25, -0.2) is 4.98 Å². The molecule has 2 heterocycles. The van der Waals surface area contributed by atoms with Gasteiger partial charge in [-0.15, -0.1) is 0 Å².